The maximum atomic E-state index is 12.3. The Morgan fingerprint density at radius 3 is 2.09 bits per heavy atom. The van der Waals surface area contributed by atoms with Crippen LogP contribution in [0.3, 0.4) is 0 Å². The van der Waals surface area contributed by atoms with Gasteiger partial charge in [-0.1, -0.05) is 12.7 Å². The van der Waals surface area contributed by atoms with Gasteiger partial charge < -0.3 is 5.73 Å². The minimum atomic E-state index is -2.76. The minimum Gasteiger partial charge on any atom is -0.319 e. The zero-order valence-corrected chi connectivity index (χ0v) is 6.15. The molecule has 0 radical (unpaired) electrons. The van der Waals surface area contributed by atoms with Crippen LogP contribution in [0.4, 0.5) is 13.2 Å². The van der Waals surface area contributed by atoms with E-state index < -0.39 is 18.3 Å². The van der Waals surface area contributed by atoms with Gasteiger partial charge >= 0.3 is 0 Å². The zero-order chi connectivity index (χ0) is 9.02. The molecule has 0 saturated carbocycles. The molecule has 1 unspecified atom stereocenters. The lowest BCUT2D eigenvalue weighted by atomic mass is 10.1. The summed E-state index contributed by atoms with van der Waals surface area (Å²) in [5.41, 5.74) is 4.72. The SMILES string of the molecule is C=C(F)/C(=C\C)C(N)C(F)F. The number of rotatable bonds is 3. The molecule has 0 aliphatic rings. The van der Waals surface area contributed by atoms with Crippen LogP contribution in [0.1, 0.15) is 6.92 Å². The van der Waals surface area contributed by atoms with Crippen LogP contribution < -0.4 is 5.73 Å². The van der Waals surface area contributed by atoms with Crippen LogP contribution in [-0.2, 0) is 0 Å². The highest BCUT2D eigenvalue weighted by atomic mass is 19.3. The summed E-state index contributed by atoms with van der Waals surface area (Å²) < 4.78 is 36.0. The third kappa shape index (κ3) is 2.76. The number of hydrogen-bond donors (Lipinski definition) is 1. The van der Waals surface area contributed by atoms with Crippen LogP contribution >= 0.6 is 0 Å². The van der Waals surface area contributed by atoms with E-state index in [4.69, 9.17) is 5.73 Å². The second-order valence-electron chi connectivity index (χ2n) is 2.01. The maximum Gasteiger partial charge on any atom is 0.257 e. The molecule has 0 bridgehead atoms. The van der Waals surface area contributed by atoms with Crippen molar-refractivity contribution in [2.24, 2.45) is 5.73 Å². The Morgan fingerprint density at radius 1 is 1.55 bits per heavy atom. The van der Waals surface area contributed by atoms with E-state index in [-0.39, 0.29) is 5.57 Å². The largest absolute Gasteiger partial charge is 0.319 e. The highest BCUT2D eigenvalue weighted by molar-refractivity contribution is 5.27. The first-order valence-corrected chi connectivity index (χ1v) is 3.05. The van der Waals surface area contributed by atoms with E-state index >= 15 is 0 Å². The van der Waals surface area contributed by atoms with Crippen LogP contribution in [0.25, 0.3) is 0 Å². The molecule has 0 fully saturated rings. The van der Waals surface area contributed by atoms with Crippen LogP contribution in [0.2, 0.25) is 0 Å². The lowest BCUT2D eigenvalue weighted by Crippen LogP contribution is -2.30. The number of halogens is 3. The Bertz CT molecular complexity index is 175. The molecule has 0 aromatic carbocycles. The molecule has 2 N–H and O–H groups in total. The summed E-state index contributed by atoms with van der Waals surface area (Å²) in [6.07, 6.45) is -1.56. The molecule has 0 aliphatic heterocycles. The van der Waals surface area contributed by atoms with Gasteiger partial charge in [0.2, 0.25) is 0 Å². The average Bonchev–Trinajstić information content (AvgIpc) is 1.88. The zero-order valence-electron chi connectivity index (χ0n) is 6.15. The third-order valence-electron chi connectivity index (χ3n) is 1.25. The first-order chi connectivity index (χ1) is 5.00. The van der Waals surface area contributed by atoms with Gasteiger partial charge in [0.1, 0.15) is 5.83 Å². The summed E-state index contributed by atoms with van der Waals surface area (Å²) in [6, 6.07) is -1.57. The van der Waals surface area contributed by atoms with Crippen molar-refractivity contribution in [1.29, 1.82) is 0 Å². The van der Waals surface area contributed by atoms with Crippen molar-refractivity contribution in [3.05, 3.63) is 24.1 Å². The van der Waals surface area contributed by atoms with E-state index in [9.17, 15) is 13.2 Å². The van der Waals surface area contributed by atoms with Gasteiger partial charge in [-0.3, -0.25) is 0 Å². The maximum absolute atomic E-state index is 12.3. The van der Waals surface area contributed by atoms with Crippen molar-refractivity contribution in [1.82, 2.24) is 0 Å². The molecule has 1 atom stereocenters. The molecule has 0 heterocycles. The number of allylic oxidation sites excluding steroid dienone is 1. The van der Waals surface area contributed by atoms with Gasteiger partial charge in [0, 0.05) is 5.57 Å². The highest BCUT2D eigenvalue weighted by Gasteiger charge is 2.21. The summed E-state index contributed by atoms with van der Waals surface area (Å²) >= 11 is 0. The highest BCUT2D eigenvalue weighted by Crippen LogP contribution is 2.16. The molecule has 0 saturated heterocycles. The Morgan fingerprint density at radius 2 is 2.00 bits per heavy atom. The Hall–Kier alpha value is -0.770. The molecular formula is C7H10F3N. The van der Waals surface area contributed by atoms with Gasteiger partial charge in [-0.15, -0.1) is 0 Å². The predicted octanol–water partition coefficient (Wildman–Crippen LogP) is 2.01. The third-order valence-corrected chi connectivity index (χ3v) is 1.25. The van der Waals surface area contributed by atoms with Crippen LogP contribution in [0, 0.1) is 0 Å². The topological polar surface area (TPSA) is 26.0 Å². The Kier molecular flexibility index (Phi) is 3.89. The van der Waals surface area contributed by atoms with Crippen LogP contribution in [-0.4, -0.2) is 12.5 Å². The van der Waals surface area contributed by atoms with E-state index in [1.165, 1.54) is 13.0 Å². The number of hydrogen-bond acceptors (Lipinski definition) is 1. The lowest BCUT2D eigenvalue weighted by molar-refractivity contribution is 0.128. The smallest absolute Gasteiger partial charge is 0.257 e. The Balaban J connectivity index is 4.41. The monoisotopic (exact) mass is 165 g/mol. The van der Waals surface area contributed by atoms with Crippen LogP contribution in [0.5, 0.6) is 0 Å². The van der Waals surface area contributed by atoms with Gasteiger partial charge in [-0.2, -0.15) is 0 Å². The van der Waals surface area contributed by atoms with E-state index in [1.807, 2.05) is 0 Å². The van der Waals surface area contributed by atoms with Gasteiger partial charge in [0.25, 0.3) is 6.43 Å². The standard InChI is InChI=1S/C7H10F3N/c1-3-5(4(2)8)6(11)7(9)10/h3,6-7H,2,11H2,1H3/b5-3+. The van der Waals surface area contributed by atoms with Crippen molar-refractivity contribution in [3.63, 3.8) is 0 Å². The normalized spacial score (nSPS) is 15.3. The van der Waals surface area contributed by atoms with Gasteiger partial charge in [-0.05, 0) is 6.92 Å². The summed E-state index contributed by atoms with van der Waals surface area (Å²) in [6.45, 7) is 4.31. The van der Waals surface area contributed by atoms with Crippen molar-refractivity contribution in [2.75, 3.05) is 0 Å². The number of alkyl halides is 2. The summed E-state index contributed by atoms with van der Waals surface area (Å²) in [5.74, 6) is -0.902. The van der Waals surface area contributed by atoms with Gasteiger partial charge in [0.15, 0.2) is 0 Å². The van der Waals surface area contributed by atoms with Crippen molar-refractivity contribution < 1.29 is 13.2 Å². The molecule has 0 rings (SSSR count). The Labute approximate surface area is 63.4 Å². The molecule has 0 aliphatic carbocycles. The van der Waals surface area contributed by atoms with Gasteiger partial charge in [0.05, 0.1) is 6.04 Å². The molecule has 0 aromatic rings. The quantitative estimate of drug-likeness (QED) is 0.636. The average molecular weight is 165 g/mol. The van der Waals surface area contributed by atoms with Crippen LogP contribution in [0.15, 0.2) is 24.1 Å². The summed E-state index contributed by atoms with van der Waals surface area (Å²) in [4.78, 5) is 0. The summed E-state index contributed by atoms with van der Waals surface area (Å²) in [7, 11) is 0. The molecular weight excluding hydrogens is 155 g/mol. The molecule has 1 nitrogen and oxygen atoms in total. The minimum absolute atomic E-state index is 0.236. The molecule has 11 heavy (non-hydrogen) atoms. The predicted molar refractivity (Wildman–Crippen MR) is 38.0 cm³/mol. The molecule has 4 heteroatoms. The first kappa shape index (κ1) is 10.2. The fourth-order valence-corrected chi connectivity index (χ4v) is 0.666. The first-order valence-electron chi connectivity index (χ1n) is 3.05. The van der Waals surface area contributed by atoms with Gasteiger partial charge in [-0.25, -0.2) is 13.2 Å². The lowest BCUT2D eigenvalue weighted by Gasteiger charge is -2.11. The van der Waals surface area contributed by atoms with E-state index in [0.29, 0.717) is 0 Å². The van der Waals surface area contributed by atoms with E-state index in [0.717, 1.165) is 0 Å². The molecule has 0 aromatic heterocycles. The van der Waals surface area contributed by atoms with E-state index in [1.54, 1.807) is 0 Å². The summed E-state index contributed by atoms with van der Waals surface area (Å²) in [5, 5.41) is 0. The van der Waals surface area contributed by atoms with Crippen molar-refractivity contribution in [3.8, 4) is 0 Å². The second kappa shape index (κ2) is 4.18. The fourth-order valence-electron chi connectivity index (χ4n) is 0.666. The van der Waals surface area contributed by atoms with Crippen molar-refractivity contribution >= 4 is 0 Å². The van der Waals surface area contributed by atoms with Crippen molar-refractivity contribution in [2.45, 2.75) is 19.4 Å². The molecule has 64 valence electrons. The van der Waals surface area contributed by atoms with E-state index in [2.05, 4.69) is 6.58 Å². The molecule has 0 amide bonds. The second-order valence-corrected chi connectivity index (χ2v) is 2.01. The fraction of sp³-hybridized carbons (Fsp3) is 0.429. The molecule has 0 spiro atoms. The number of nitrogens with two attached hydrogens (primary N) is 1.